The molecule has 0 aliphatic heterocycles. The normalized spacial score (nSPS) is 11.2. The summed E-state index contributed by atoms with van der Waals surface area (Å²) in [6.45, 7) is 4.47. The quantitative estimate of drug-likeness (QED) is 0.371. The average molecular weight is 322 g/mol. The maximum atomic E-state index is 2.25. The molecule has 0 nitrogen and oxygen atoms in total. The third kappa shape index (κ3) is 2.96. The fourth-order valence-corrected chi connectivity index (χ4v) is 3.48. The van der Waals surface area contributed by atoms with Crippen LogP contribution in [0.15, 0.2) is 91.0 Å². The maximum absolute atomic E-state index is 2.25. The maximum Gasteiger partial charge on any atom is -0.00992 e. The zero-order valence-electron chi connectivity index (χ0n) is 14.7. The van der Waals surface area contributed by atoms with E-state index in [0.717, 1.165) is 0 Å². The first-order chi connectivity index (χ1) is 12.2. The first kappa shape index (κ1) is 15.7. The molecule has 0 aliphatic rings. The zero-order valence-corrected chi connectivity index (χ0v) is 14.7. The lowest BCUT2D eigenvalue weighted by Crippen LogP contribution is -1.89. The number of fused-ring (bicyclic) bond motifs is 1. The molecule has 25 heavy (non-hydrogen) atoms. The van der Waals surface area contributed by atoms with Gasteiger partial charge in [-0.15, -0.1) is 0 Å². The molecule has 0 aromatic heterocycles. The van der Waals surface area contributed by atoms with Crippen molar-refractivity contribution >= 4 is 10.8 Å². The van der Waals surface area contributed by atoms with Crippen LogP contribution in [0, 0.1) is 0 Å². The molecule has 0 aliphatic carbocycles. The zero-order chi connectivity index (χ0) is 17.2. The smallest absolute Gasteiger partial charge is 0.00992 e. The van der Waals surface area contributed by atoms with Gasteiger partial charge in [0.05, 0.1) is 0 Å². The molecule has 4 rings (SSSR count). The Bertz CT molecular complexity index is 1000. The molecule has 0 radical (unpaired) electrons. The first-order valence-corrected chi connectivity index (χ1v) is 8.91. The highest BCUT2D eigenvalue weighted by Crippen LogP contribution is 2.36. The highest BCUT2D eigenvalue weighted by Gasteiger charge is 2.10. The number of rotatable bonds is 3. The summed E-state index contributed by atoms with van der Waals surface area (Å²) in [7, 11) is 0. The Morgan fingerprint density at radius 3 is 1.88 bits per heavy atom. The Balaban J connectivity index is 1.89. The van der Waals surface area contributed by atoms with Gasteiger partial charge in [0, 0.05) is 0 Å². The predicted octanol–water partition coefficient (Wildman–Crippen LogP) is 7.30. The molecule has 0 heteroatoms. The van der Waals surface area contributed by atoms with Gasteiger partial charge in [-0.05, 0) is 44.5 Å². The van der Waals surface area contributed by atoms with E-state index >= 15 is 0 Å². The summed E-state index contributed by atoms with van der Waals surface area (Å²) < 4.78 is 0. The van der Waals surface area contributed by atoms with Gasteiger partial charge >= 0.3 is 0 Å². The molecule has 0 spiro atoms. The molecule has 0 saturated heterocycles. The molecule has 0 atom stereocenters. The van der Waals surface area contributed by atoms with Crippen molar-refractivity contribution in [2.75, 3.05) is 0 Å². The predicted molar refractivity (Wildman–Crippen MR) is 109 cm³/mol. The van der Waals surface area contributed by atoms with Crippen LogP contribution in [0.2, 0.25) is 0 Å². The van der Waals surface area contributed by atoms with Crippen molar-refractivity contribution < 1.29 is 0 Å². The highest BCUT2D eigenvalue weighted by molar-refractivity contribution is 6.00. The second-order valence-electron chi connectivity index (χ2n) is 6.85. The Labute approximate surface area is 149 Å². The van der Waals surface area contributed by atoms with E-state index in [9.17, 15) is 0 Å². The summed E-state index contributed by atoms with van der Waals surface area (Å²) in [6.07, 6.45) is 0. The van der Waals surface area contributed by atoms with Crippen molar-refractivity contribution in [3.05, 3.63) is 96.6 Å². The van der Waals surface area contributed by atoms with Gasteiger partial charge in [-0.2, -0.15) is 0 Å². The van der Waals surface area contributed by atoms with Crippen molar-refractivity contribution in [3.63, 3.8) is 0 Å². The molecule has 0 heterocycles. The van der Waals surface area contributed by atoms with Crippen LogP contribution in [-0.2, 0) is 0 Å². The van der Waals surface area contributed by atoms with E-state index in [-0.39, 0.29) is 0 Å². The Morgan fingerprint density at radius 2 is 1.12 bits per heavy atom. The highest BCUT2D eigenvalue weighted by atomic mass is 14.1. The van der Waals surface area contributed by atoms with Crippen LogP contribution in [0.3, 0.4) is 0 Å². The molecule has 0 unspecified atom stereocenters. The van der Waals surface area contributed by atoms with Crippen molar-refractivity contribution in [1.29, 1.82) is 0 Å². The Morgan fingerprint density at radius 1 is 0.520 bits per heavy atom. The third-order valence-electron chi connectivity index (χ3n) is 4.90. The largest absolute Gasteiger partial charge is 0.0616 e. The fourth-order valence-electron chi connectivity index (χ4n) is 3.48. The molecule has 0 bridgehead atoms. The average Bonchev–Trinajstić information content (AvgIpc) is 2.67. The molecule has 0 fully saturated rings. The third-order valence-corrected chi connectivity index (χ3v) is 4.90. The van der Waals surface area contributed by atoms with Gasteiger partial charge in [0.25, 0.3) is 0 Å². The molecule has 0 saturated carbocycles. The summed E-state index contributed by atoms with van der Waals surface area (Å²) in [6, 6.07) is 32.9. The lowest BCUT2D eigenvalue weighted by molar-refractivity contribution is 0.867. The van der Waals surface area contributed by atoms with Crippen molar-refractivity contribution in [3.8, 4) is 22.3 Å². The van der Waals surface area contributed by atoms with Crippen LogP contribution in [0.25, 0.3) is 33.0 Å². The number of benzene rings is 4. The summed E-state index contributed by atoms with van der Waals surface area (Å²) >= 11 is 0. The van der Waals surface area contributed by atoms with Crippen molar-refractivity contribution in [1.82, 2.24) is 0 Å². The van der Waals surface area contributed by atoms with Crippen LogP contribution >= 0.6 is 0 Å². The van der Waals surface area contributed by atoms with Crippen LogP contribution in [0.4, 0.5) is 0 Å². The minimum Gasteiger partial charge on any atom is -0.0616 e. The van der Waals surface area contributed by atoms with E-state index in [2.05, 4.69) is 105 Å². The summed E-state index contributed by atoms with van der Waals surface area (Å²) in [4.78, 5) is 0. The molecular formula is C25H22. The van der Waals surface area contributed by atoms with Crippen LogP contribution in [0.5, 0.6) is 0 Å². The second-order valence-corrected chi connectivity index (χ2v) is 6.85. The van der Waals surface area contributed by atoms with Crippen LogP contribution < -0.4 is 0 Å². The first-order valence-electron chi connectivity index (χ1n) is 8.91. The van der Waals surface area contributed by atoms with Crippen LogP contribution in [0.1, 0.15) is 25.3 Å². The number of hydrogen-bond acceptors (Lipinski definition) is 0. The summed E-state index contributed by atoms with van der Waals surface area (Å²) in [5, 5.41) is 2.58. The van der Waals surface area contributed by atoms with E-state index in [1.807, 2.05) is 0 Å². The van der Waals surface area contributed by atoms with Crippen LogP contribution in [-0.4, -0.2) is 0 Å². The minimum absolute atomic E-state index is 0.558. The van der Waals surface area contributed by atoms with E-state index < -0.39 is 0 Å². The standard InChI is InChI=1S/C25H22/c1-18(2)19-14-16-21(17-15-19)23-11-5-6-12-24(23)25-13-7-9-20-8-3-4-10-22(20)25/h3-18H,1-2H3. The van der Waals surface area contributed by atoms with Gasteiger partial charge in [-0.25, -0.2) is 0 Å². The fraction of sp³-hybridized carbons (Fsp3) is 0.120. The second kappa shape index (κ2) is 6.57. The molecule has 0 amide bonds. The van der Waals surface area contributed by atoms with Gasteiger partial charge in [-0.3, -0.25) is 0 Å². The Hall–Kier alpha value is -2.86. The monoisotopic (exact) mass is 322 g/mol. The molecule has 0 N–H and O–H groups in total. The lowest BCUT2D eigenvalue weighted by Gasteiger charge is -2.13. The minimum atomic E-state index is 0.558. The van der Waals surface area contributed by atoms with Crippen molar-refractivity contribution in [2.45, 2.75) is 19.8 Å². The lowest BCUT2D eigenvalue weighted by atomic mass is 9.90. The van der Waals surface area contributed by atoms with Gasteiger partial charge in [0.1, 0.15) is 0 Å². The summed E-state index contributed by atoms with van der Waals surface area (Å²) in [5.74, 6) is 0.558. The van der Waals surface area contributed by atoms with Gasteiger partial charge in [0.15, 0.2) is 0 Å². The van der Waals surface area contributed by atoms with Gasteiger partial charge in [-0.1, -0.05) is 105 Å². The topological polar surface area (TPSA) is 0 Å². The molecular weight excluding hydrogens is 300 g/mol. The molecule has 4 aromatic rings. The van der Waals surface area contributed by atoms with E-state index in [1.165, 1.54) is 38.6 Å². The molecule has 4 aromatic carbocycles. The SMILES string of the molecule is CC(C)c1ccc(-c2ccccc2-c2cccc3ccccc23)cc1. The van der Waals surface area contributed by atoms with Crippen molar-refractivity contribution in [2.24, 2.45) is 0 Å². The van der Waals surface area contributed by atoms with E-state index in [0.29, 0.717) is 5.92 Å². The van der Waals surface area contributed by atoms with E-state index in [1.54, 1.807) is 0 Å². The molecule has 122 valence electrons. The van der Waals surface area contributed by atoms with E-state index in [4.69, 9.17) is 0 Å². The van der Waals surface area contributed by atoms with Gasteiger partial charge < -0.3 is 0 Å². The van der Waals surface area contributed by atoms with Gasteiger partial charge in [0.2, 0.25) is 0 Å². The summed E-state index contributed by atoms with van der Waals surface area (Å²) in [5.41, 5.74) is 6.52. The number of hydrogen-bond donors (Lipinski definition) is 0. The Kier molecular flexibility index (Phi) is 4.11.